The van der Waals surface area contributed by atoms with Gasteiger partial charge in [0.25, 0.3) is 0 Å². The molecular weight excluding hydrogens is 276 g/mol. The summed E-state index contributed by atoms with van der Waals surface area (Å²) < 4.78 is 0. The number of rotatable bonds is 4. The first-order chi connectivity index (χ1) is 10.7. The molecule has 0 radical (unpaired) electrons. The standard InChI is InChI=1S/C17H22N4O/c1-20(2)15-5-3-14(4-6-15)16-7-9-18-17(19-16)21-10-8-13(11-21)12-22/h3-7,9,13,22H,8,10-12H2,1-2H3. The van der Waals surface area contributed by atoms with Gasteiger partial charge in [-0.15, -0.1) is 0 Å². The molecule has 2 aromatic rings. The highest BCUT2D eigenvalue weighted by atomic mass is 16.3. The van der Waals surface area contributed by atoms with Crippen molar-refractivity contribution in [3.05, 3.63) is 36.5 Å². The van der Waals surface area contributed by atoms with Gasteiger partial charge in [0.1, 0.15) is 0 Å². The zero-order valence-electron chi connectivity index (χ0n) is 13.1. The van der Waals surface area contributed by atoms with Gasteiger partial charge in [-0.05, 0) is 24.6 Å². The molecule has 1 N–H and O–H groups in total. The predicted octanol–water partition coefficient (Wildman–Crippen LogP) is 2.03. The largest absolute Gasteiger partial charge is 0.396 e. The van der Waals surface area contributed by atoms with Gasteiger partial charge in [0, 0.05) is 57.2 Å². The van der Waals surface area contributed by atoms with Crippen LogP contribution in [0.5, 0.6) is 0 Å². The van der Waals surface area contributed by atoms with Crippen molar-refractivity contribution in [2.24, 2.45) is 5.92 Å². The molecule has 1 saturated heterocycles. The normalized spacial score (nSPS) is 17.8. The average Bonchev–Trinajstić information content (AvgIpc) is 3.04. The van der Waals surface area contributed by atoms with Gasteiger partial charge in [0.05, 0.1) is 5.69 Å². The molecule has 1 atom stereocenters. The zero-order chi connectivity index (χ0) is 15.5. The Morgan fingerprint density at radius 2 is 2.00 bits per heavy atom. The minimum absolute atomic E-state index is 0.238. The maximum Gasteiger partial charge on any atom is 0.225 e. The molecular formula is C17H22N4O. The van der Waals surface area contributed by atoms with Crippen LogP contribution in [0.2, 0.25) is 0 Å². The number of aliphatic hydroxyl groups is 1. The molecule has 0 bridgehead atoms. The topological polar surface area (TPSA) is 52.5 Å². The Morgan fingerprint density at radius 3 is 2.64 bits per heavy atom. The SMILES string of the molecule is CN(C)c1ccc(-c2ccnc(N3CCC(CO)C3)n2)cc1. The van der Waals surface area contributed by atoms with E-state index >= 15 is 0 Å². The Morgan fingerprint density at radius 1 is 1.23 bits per heavy atom. The zero-order valence-corrected chi connectivity index (χ0v) is 13.1. The van der Waals surface area contributed by atoms with Crippen LogP contribution in [-0.4, -0.2) is 48.9 Å². The fourth-order valence-corrected chi connectivity index (χ4v) is 2.76. The lowest BCUT2D eigenvalue weighted by Gasteiger charge is -2.17. The van der Waals surface area contributed by atoms with Crippen molar-refractivity contribution in [1.82, 2.24) is 9.97 Å². The molecule has 0 amide bonds. The molecule has 0 spiro atoms. The van der Waals surface area contributed by atoms with Crippen LogP contribution >= 0.6 is 0 Å². The summed E-state index contributed by atoms with van der Waals surface area (Å²) in [5.41, 5.74) is 3.19. The van der Waals surface area contributed by atoms with Gasteiger partial charge < -0.3 is 14.9 Å². The third kappa shape index (κ3) is 3.04. The molecule has 1 aliphatic heterocycles. The number of anilines is 2. The van der Waals surface area contributed by atoms with Crippen LogP contribution in [0.25, 0.3) is 11.3 Å². The van der Waals surface area contributed by atoms with Crippen LogP contribution in [0.3, 0.4) is 0 Å². The van der Waals surface area contributed by atoms with Crippen molar-refractivity contribution in [3.8, 4) is 11.3 Å². The smallest absolute Gasteiger partial charge is 0.225 e. The minimum atomic E-state index is 0.238. The fourth-order valence-electron chi connectivity index (χ4n) is 2.76. The molecule has 0 saturated carbocycles. The second-order valence-electron chi connectivity index (χ2n) is 5.97. The molecule has 1 unspecified atom stereocenters. The summed E-state index contributed by atoms with van der Waals surface area (Å²) in [6.45, 7) is 1.98. The number of nitrogens with zero attached hydrogens (tertiary/aromatic N) is 4. The summed E-state index contributed by atoms with van der Waals surface area (Å²) in [6.07, 6.45) is 2.81. The molecule has 116 valence electrons. The summed E-state index contributed by atoms with van der Waals surface area (Å²) in [5.74, 6) is 1.09. The Hall–Kier alpha value is -2.14. The number of aromatic nitrogens is 2. The van der Waals surface area contributed by atoms with Gasteiger partial charge in [-0.2, -0.15) is 0 Å². The van der Waals surface area contributed by atoms with E-state index in [1.165, 1.54) is 5.69 Å². The van der Waals surface area contributed by atoms with E-state index in [1.807, 2.05) is 26.4 Å². The molecule has 0 aliphatic carbocycles. The van der Waals surface area contributed by atoms with Crippen LogP contribution in [-0.2, 0) is 0 Å². The second kappa shape index (κ2) is 6.32. The molecule has 2 heterocycles. The van der Waals surface area contributed by atoms with E-state index in [2.05, 4.69) is 44.0 Å². The van der Waals surface area contributed by atoms with E-state index in [1.54, 1.807) is 0 Å². The molecule has 3 rings (SSSR count). The van der Waals surface area contributed by atoms with Gasteiger partial charge in [0.15, 0.2) is 0 Å². The van der Waals surface area contributed by atoms with Crippen LogP contribution in [0.15, 0.2) is 36.5 Å². The summed E-state index contributed by atoms with van der Waals surface area (Å²) in [7, 11) is 4.06. The molecule has 1 aromatic carbocycles. The Balaban J connectivity index is 1.82. The van der Waals surface area contributed by atoms with Crippen molar-refractivity contribution >= 4 is 11.6 Å². The van der Waals surface area contributed by atoms with Gasteiger partial charge >= 0.3 is 0 Å². The lowest BCUT2D eigenvalue weighted by atomic mass is 10.1. The Bertz CT molecular complexity index is 627. The average molecular weight is 298 g/mol. The quantitative estimate of drug-likeness (QED) is 0.936. The Labute approximate surface area is 131 Å². The summed E-state index contributed by atoms with van der Waals surface area (Å²) >= 11 is 0. The van der Waals surface area contributed by atoms with Crippen molar-refractivity contribution < 1.29 is 5.11 Å². The number of hydrogen-bond acceptors (Lipinski definition) is 5. The highest BCUT2D eigenvalue weighted by Gasteiger charge is 2.23. The first-order valence-corrected chi connectivity index (χ1v) is 7.64. The summed E-state index contributed by atoms with van der Waals surface area (Å²) in [5, 5.41) is 9.26. The number of aliphatic hydroxyl groups excluding tert-OH is 1. The third-order valence-corrected chi connectivity index (χ3v) is 4.15. The van der Waals surface area contributed by atoms with E-state index in [0.29, 0.717) is 5.92 Å². The monoisotopic (exact) mass is 298 g/mol. The first kappa shape index (κ1) is 14.8. The Kier molecular flexibility index (Phi) is 4.24. The van der Waals surface area contributed by atoms with Crippen LogP contribution in [0.4, 0.5) is 11.6 Å². The maximum atomic E-state index is 9.26. The number of hydrogen-bond donors (Lipinski definition) is 1. The highest BCUT2D eigenvalue weighted by molar-refractivity contribution is 5.63. The van der Waals surface area contributed by atoms with E-state index in [9.17, 15) is 5.11 Å². The molecule has 1 aromatic heterocycles. The van der Waals surface area contributed by atoms with Crippen molar-refractivity contribution in [1.29, 1.82) is 0 Å². The van der Waals surface area contributed by atoms with Crippen molar-refractivity contribution in [2.45, 2.75) is 6.42 Å². The van der Waals surface area contributed by atoms with Crippen LogP contribution in [0.1, 0.15) is 6.42 Å². The molecule has 22 heavy (non-hydrogen) atoms. The molecule has 1 fully saturated rings. The van der Waals surface area contributed by atoms with E-state index in [-0.39, 0.29) is 6.61 Å². The fraction of sp³-hybridized carbons (Fsp3) is 0.412. The molecule has 5 heteroatoms. The van der Waals surface area contributed by atoms with Gasteiger partial charge in [-0.25, -0.2) is 9.97 Å². The van der Waals surface area contributed by atoms with E-state index in [0.717, 1.165) is 36.7 Å². The number of benzene rings is 1. The van der Waals surface area contributed by atoms with E-state index < -0.39 is 0 Å². The minimum Gasteiger partial charge on any atom is -0.396 e. The van der Waals surface area contributed by atoms with Gasteiger partial charge in [-0.1, -0.05) is 12.1 Å². The van der Waals surface area contributed by atoms with Crippen molar-refractivity contribution in [2.75, 3.05) is 43.6 Å². The molecule has 1 aliphatic rings. The maximum absolute atomic E-state index is 9.26. The lowest BCUT2D eigenvalue weighted by molar-refractivity contribution is 0.238. The second-order valence-corrected chi connectivity index (χ2v) is 5.97. The highest BCUT2D eigenvalue weighted by Crippen LogP contribution is 2.24. The van der Waals surface area contributed by atoms with Gasteiger partial charge in [-0.3, -0.25) is 0 Å². The summed E-state index contributed by atoms with van der Waals surface area (Å²) in [6, 6.07) is 10.3. The van der Waals surface area contributed by atoms with Crippen LogP contribution < -0.4 is 9.80 Å². The predicted molar refractivity (Wildman–Crippen MR) is 89.2 cm³/mol. The van der Waals surface area contributed by atoms with Crippen LogP contribution in [0, 0.1) is 5.92 Å². The third-order valence-electron chi connectivity index (χ3n) is 4.15. The van der Waals surface area contributed by atoms with E-state index in [4.69, 9.17) is 0 Å². The summed E-state index contributed by atoms with van der Waals surface area (Å²) in [4.78, 5) is 13.3. The molecule has 5 nitrogen and oxygen atoms in total. The lowest BCUT2D eigenvalue weighted by Crippen LogP contribution is -2.22. The van der Waals surface area contributed by atoms with Gasteiger partial charge in [0.2, 0.25) is 5.95 Å². The first-order valence-electron chi connectivity index (χ1n) is 7.64. The van der Waals surface area contributed by atoms with Crippen molar-refractivity contribution in [3.63, 3.8) is 0 Å².